The molecule has 0 spiro atoms. The summed E-state index contributed by atoms with van der Waals surface area (Å²) in [4.78, 5) is 0. The highest BCUT2D eigenvalue weighted by molar-refractivity contribution is 5.28. The highest BCUT2D eigenvalue weighted by Gasteiger charge is 2.42. The highest BCUT2D eigenvalue weighted by Crippen LogP contribution is 2.44. The van der Waals surface area contributed by atoms with E-state index >= 15 is 0 Å². The number of ether oxygens (including phenoxy) is 1. The summed E-state index contributed by atoms with van der Waals surface area (Å²) in [7, 11) is 0. The molecule has 2 saturated carbocycles. The average molecular weight is 463 g/mol. The number of alkyl halides is 2. The van der Waals surface area contributed by atoms with E-state index in [1.165, 1.54) is 63.5 Å². The summed E-state index contributed by atoms with van der Waals surface area (Å²) in [5, 5.41) is 0. The first-order chi connectivity index (χ1) is 15.8. The Morgan fingerprint density at radius 1 is 0.818 bits per heavy atom. The summed E-state index contributed by atoms with van der Waals surface area (Å²) in [5.41, 5.74) is 0.510. The van der Waals surface area contributed by atoms with Crippen LogP contribution in [0.15, 0.2) is 35.7 Å². The number of hydrogen-bond donors (Lipinski definition) is 0. The van der Waals surface area contributed by atoms with Gasteiger partial charge in [-0.25, -0.2) is 4.39 Å². The topological polar surface area (TPSA) is 9.23 Å². The third kappa shape index (κ3) is 6.57. The number of benzene rings is 1. The van der Waals surface area contributed by atoms with E-state index in [1.54, 1.807) is 12.1 Å². The van der Waals surface area contributed by atoms with Gasteiger partial charge in [-0.1, -0.05) is 56.7 Å². The number of allylic oxidation sites excluding steroid dienone is 1. The van der Waals surface area contributed by atoms with Crippen molar-refractivity contribution in [2.24, 2.45) is 29.6 Å². The van der Waals surface area contributed by atoms with Crippen molar-refractivity contribution in [3.63, 3.8) is 0 Å². The van der Waals surface area contributed by atoms with Gasteiger partial charge in [0, 0.05) is 6.42 Å². The predicted molar refractivity (Wildman–Crippen MR) is 128 cm³/mol. The molecule has 0 bridgehead atoms. The van der Waals surface area contributed by atoms with Crippen molar-refractivity contribution in [3.05, 3.63) is 41.2 Å². The second-order valence-corrected chi connectivity index (χ2v) is 11.3. The van der Waals surface area contributed by atoms with E-state index in [1.807, 2.05) is 6.92 Å². The van der Waals surface area contributed by atoms with Crippen LogP contribution in [-0.4, -0.2) is 6.11 Å². The van der Waals surface area contributed by atoms with Crippen LogP contribution in [0.5, 0.6) is 5.75 Å². The van der Waals surface area contributed by atoms with Gasteiger partial charge in [-0.05, 0) is 93.6 Å². The molecule has 1 aromatic carbocycles. The van der Waals surface area contributed by atoms with Gasteiger partial charge in [-0.2, -0.15) is 8.78 Å². The fraction of sp³-hybridized carbons (Fsp3) is 0.724. The minimum Gasteiger partial charge on any atom is -0.429 e. The maximum atomic E-state index is 14.7. The maximum absolute atomic E-state index is 14.7. The summed E-state index contributed by atoms with van der Waals surface area (Å²) in [6.07, 6.45) is 10.3. The Hall–Kier alpha value is -1.45. The summed E-state index contributed by atoms with van der Waals surface area (Å²) in [6, 6.07) is 6.46. The summed E-state index contributed by atoms with van der Waals surface area (Å²) >= 11 is 0. The molecular weight excluding hydrogens is 421 g/mol. The zero-order valence-corrected chi connectivity index (χ0v) is 20.4. The summed E-state index contributed by atoms with van der Waals surface area (Å²) in [6.45, 7) is 4.27. The molecule has 1 nitrogen and oxygen atoms in total. The third-order valence-corrected chi connectivity index (χ3v) is 8.82. The van der Waals surface area contributed by atoms with Crippen molar-refractivity contribution in [3.8, 4) is 5.75 Å². The monoisotopic (exact) mass is 462 g/mol. The van der Waals surface area contributed by atoms with Gasteiger partial charge < -0.3 is 4.74 Å². The van der Waals surface area contributed by atoms with Crippen LogP contribution >= 0.6 is 0 Å². The van der Waals surface area contributed by atoms with Crippen LogP contribution < -0.4 is 4.74 Å². The lowest BCUT2D eigenvalue weighted by Crippen LogP contribution is -2.31. The fourth-order valence-corrected chi connectivity index (χ4v) is 6.51. The average Bonchev–Trinajstić information content (AvgIpc) is 2.80. The minimum atomic E-state index is -3.58. The van der Waals surface area contributed by atoms with Gasteiger partial charge in [0.2, 0.25) is 0 Å². The highest BCUT2D eigenvalue weighted by atomic mass is 19.3. The SMILES string of the molecule is Cc1ccc(OC(F)(F)C2=C(F)CC(CCC3CCC(C4CCC(C)CC4)CC3)CC2)cc1. The molecule has 4 rings (SSSR count). The molecular formula is C29H41F3O. The molecule has 0 radical (unpaired) electrons. The molecule has 0 aromatic heterocycles. The summed E-state index contributed by atoms with van der Waals surface area (Å²) in [5.74, 6) is 3.12. The van der Waals surface area contributed by atoms with Crippen molar-refractivity contribution in [2.45, 2.75) is 103 Å². The maximum Gasteiger partial charge on any atom is 0.425 e. The van der Waals surface area contributed by atoms with Crippen LogP contribution in [0.3, 0.4) is 0 Å². The van der Waals surface area contributed by atoms with Crippen molar-refractivity contribution in [2.75, 3.05) is 0 Å². The van der Waals surface area contributed by atoms with Crippen molar-refractivity contribution in [1.82, 2.24) is 0 Å². The van der Waals surface area contributed by atoms with Gasteiger partial charge in [-0.15, -0.1) is 0 Å². The Morgan fingerprint density at radius 2 is 1.39 bits per heavy atom. The second-order valence-electron chi connectivity index (χ2n) is 11.3. The van der Waals surface area contributed by atoms with E-state index < -0.39 is 17.5 Å². The van der Waals surface area contributed by atoms with E-state index in [0.29, 0.717) is 6.42 Å². The summed E-state index contributed by atoms with van der Waals surface area (Å²) < 4.78 is 48.9. The lowest BCUT2D eigenvalue weighted by atomic mass is 9.68. The van der Waals surface area contributed by atoms with Crippen LogP contribution in [0.2, 0.25) is 0 Å². The van der Waals surface area contributed by atoms with Gasteiger partial charge in [-0.3, -0.25) is 0 Å². The first-order valence-electron chi connectivity index (χ1n) is 13.3. The van der Waals surface area contributed by atoms with Gasteiger partial charge >= 0.3 is 6.11 Å². The molecule has 1 aromatic rings. The van der Waals surface area contributed by atoms with E-state index in [0.717, 1.165) is 42.1 Å². The molecule has 2 fully saturated rings. The number of halogens is 3. The lowest BCUT2D eigenvalue weighted by molar-refractivity contribution is -0.147. The van der Waals surface area contributed by atoms with E-state index in [-0.39, 0.29) is 24.5 Å². The standard InChI is InChI=1S/C29H41F3O/c1-20-3-12-24(13-4-20)25-14-9-22(10-15-25)7-8-23-11-18-27(28(30)19-23)29(31,32)33-26-16-5-21(2)6-17-26/h5-6,16-17,20,22-25H,3-4,7-15,18-19H2,1-2H3. The Morgan fingerprint density at radius 3 is 2.00 bits per heavy atom. The molecule has 184 valence electrons. The molecule has 33 heavy (non-hydrogen) atoms. The first kappa shape index (κ1) is 24.7. The van der Waals surface area contributed by atoms with Gasteiger partial charge in [0.05, 0.1) is 5.57 Å². The van der Waals surface area contributed by atoms with E-state index in [2.05, 4.69) is 6.92 Å². The van der Waals surface area contributed by atoms with Gasteiger partial charge in [0.15, 0.2) is 0 Å². The molecule has 3 aliphatic carbocycles. The lowest BCUT2D eigenvalue weighted by Gasteiger charge is -2.37. The molecule has 0 N–H and O–H groups in total. The molecule has 1 unspecified atom stereocenters. The Labute approximate surface area is 198 Å². The van der Waals surface area contributed by atoms with Crippen LogP contribution in [0.4, 0.5) is 13.2 Å². The van der Waals surface area contributed by atoms with E-state index in [9.17, 15) is 13.2 Å². The smallest absolute Gasteiger partial charge is 0.425 e. The van der Waals surface area contributed by atoms with Gasteiger partial charge in [0.1, 0.15) is 11.6 Å². The van der Waals surface area contributed by atoms with Crippen LogP contribution in [0.25, 0.3) is 0 Å². The largest absolute Gasteiger partial charge is 0.429 e. The van der Waals surface area contributed by atoms with Crippen molar-refractivity contribution < 1.29 is 17.9 Å². The minimum absolute atomic E-state index is 0.0753. The Kier molecular flexibility index (Phi) is 8.12. The molecule has 0 saturated heterocycles. The van der Waals surface area contributed by atoms with E-state index in [4.69, 9.17) is 4.74 Å². The van der Waals surface area contributed by atoms with Crippen molar-refractivity contribution >= 4 is 0 Å². The van der Waals surface area contributed by atoms with Crippen LogP contribution in [-0.2, 0) is 0 Å². The van der Waals surface area contributed by atoms with Crippen LogP contribution in [0, 0.1) is 36.5 Å². The quantitative estimate of drug-likeness (QED) is 0.392. The number of aryl methyl sites for hydroxylation is 1. The fourth-order valence-electron chi connectivity index (χ4n) is 6.51. The zero-order chi connectivity index (χ0) is 23.4. The third-order valence-electron chi connectivity index (χ3n) is 8.82. The molecule has 4 heteroatoms. The molecule has 3 aliphatic rings. The number of hydrogen-bond acceptors (Lipinski definition) is 1. The first-order valence-corrected chi connectivity index (χ1v) is 13.3. The predicted octanol–water partition coefficient (Wildman–Crippen LogP) is 9.40. The Balaban J connectivity index is 1.22. The zero-order valence-electron chi connectivity index (χ0n) is 20.4. The molecule has 1 atom stereocenters. The van der Waals surface area contributed by atoms with Crippen molar-refractivity contribution in [1.29, 1.82) is 0 Å². The molecule has 0 heterocycles. The number of rotatable bonds is 7. The Bertz CT molecular complexity index is 784. The van der Waals surface area contributed by atoms with Gasteiger partial charge in [0.25, 0.3) is 0 Å². The van der Waals surface area contributed by atoms with Crippen LogP contribution in [0.1, 0.15) is 96.0 Å². The normalized spacial score (nSPS) is 31.5. The molecule has 0 aliphatic heterocycles. The second kappa shape index (κ2) is 10.9. The molecule has 0 amide bonds.